The van der Waals surface area contributed by atoms with Gasteiger partial charge in [0.05, 0.1) is 10.6 Å². The molecule has 0 unspecified atom stereocenters. The van der Waals surface area contributed by atoms with E-state index in [-0.39, 0.29) is 11.8 Å². The van der Waals surface area contributed by atoms with Gasteiger partial charge in [0.15, 0.2) is 0 Å². The van der Waals surface area contributed by atoms with Crippen molar-refractivity contribution in [2.45, 2.75) is 33.6 Å². The monoisotopic (exact) mass is 396 g/mol. The number of nitriles is 1. The quantitative estimate of drug-likeness (QED) is 0.773. The number of anilines is 3. The normalized spacial score (nSPS) is 14.2. The van der Waals surface area contributed by atoms with E-state index < -0.39 is 0 Å². The van der Waals surface area contributed by atoms with Gasteiger partial charge in [-0.3, -0.25) is 4.79 Å². The van der Waals surface area contributed by atoms with E-state index in [2.05, 4.69) is 45.5 Å². The number of amides is 1. The summed E-state index contributed by atoms with van der Waals surface area (Å²) >= 11 is 1.53. The summed E-state index contributed by atoms with van der Waals surface area (Å²) in [6.07, 6.45) is 1.62. The average molecular weight is 397 g/mol. The van der Waals surface area contributed by atoms with E-state index in [4.69, 9.17) is 0 Å². The average Bonchev–Trinajstić information content (AvgIpc) is 3.04. The van der Waals surface area contributed by atoms with Crippen LogP contribution < -0.4 is 15.1 Å². The number of carbonyl (C=O) groups is 1. The van der Waals surface area contributed by atoms with Crippen molar-refractivity contribution in [3.8, 4) is 6.07 Å². The Labute approximate surface area is 171 Å². The number of thiophene rings is 1. The predicted molar refractivity (Wildman–Crippen MR) is 117 cm³/mol. The molecular formula is C22H28N4OS. The van der Waals surface area contributed by atoms with Crippen molar-refractivity contribution in [3.63, 3.8) is 0 Å². The molecule has 2 heterocycles. The molecular weight excluding hydrogens is 368 g/mol. The first-order valence-electron chi connectivity index (χ1n) is 9.98. The number of benzene rings is 1. The third-order valence-corrected chi connectivity index (χ3v) is 6.78. The Morgan fingerprint density at radius 2 is 1.75 bits per heavy atom. The summed E-state index contributed by atoms with van der Waals surface area (Å²) in [5.41, 5.74) is 2.83. The number of piperazine rings is 1. The van der Waals surface area contributed by atoms with E-state index in [1.54, 1.807) is 0 Å². The van der Waals surface area contributed by atoms with Crippen LogP contribution in [0.15, 0.2) is 30.3 Å². The Balaban J connectivity index is 1.74. The zero-order valence-corrected chi connectivity index (χ0v) is 17.7. The van der Waals surface area contributed by atoms with Crippen molar-refractivity contribution >= 4 is 32.9 Å². The number of hydrogen-bond acceptors (Lipinski definition) is 5. The molecule has 3 rings (SSSR count). The SMILES string of the molecule is CCC(CC)C(=O)Nc1sc(N2CCN(c3ccccc3)CC2)c(C)c1C#N. The molecule has 1 aromatic carbocycles. The molecule has 1 aromatic heterocycles. The maximum Gasteiger partial charge on any atom is 0.228 e. The van der Waals surface area contributed by atoms with Crippen LogP contribution in [0.5, 0.6) is 0 Å². The number of para-hydroxylation sites is 1. The molecule has 0 bridgehead atoms. The van der Waals surface area contributed by atoms with Gasteiger partial charge in [-0.25, -0.2) is 0 Å². The van der Waals surface area contributed by atoms with Crippen molar-refractivity contribution in [2.24, 2.45) is 5.92 Å². The first-order chi connectivity index (χ1) is 13.6. The predicted octanol–water partition coefficient (Wildman–Crippen LogP) is 4.63. The van der Waals surface area contributed by atoms with Crippen LogP contribution in [0.1, 0.15) is 37.8 Å². The number of nitrogens with zero attached hydrogens (tertiary/aromatic N) is 3. The standard InChI is InChI=1S/C22H28N4OS/c1-4-17(5-2)20(27)24-21-19(15-23)16(3)22(28-21)26-13-11-25(12-14-26)18-9-7-6-8-10-18/h6-10,17H,4-5,11-14H2,1-3H3,(H,24,27). The van der Waals surface area contributed by atoms with Gasteiger partial charge in [0.25, 0.3) is 0 Å². The van der Waals surface area contributed by atoms with Gasteiger partial charge in [-0.05, 0) is 31.9 Å². The summed E-state index contributed by atoms with van der Waals surface area (Å²) in [6.45, 7) is 9.73. The van der Waals surface area contributed by atoms with E-state index in [1.807, 2.05) is 26.8 Å². The highest BCUT2D eigenvalue weighted by Gasteiger charge is 2.25. The zero-order valence-electron chi connectivity index (χ0n) is 16.9. The van der Waals surface area contributed by atoms with Crippen molar-refractivity contribution in [2.75, 3.05) is 41.3 Å². The number of rotatable bonds is 6. The molecule has 5 nitrogen and oxygen atoms in total. The highest BCUT2D eigenvalue weighted by atomic mass is 32.1. The van der Waals surface area contributed by atoms with Crippen LogP contribution in [0.25, 0.3) is 0 Å². The highest BCUT2D eigenvalue weighted by Crippen LogP contribution is 2.40. The molecule has 1 saturated heterocycles. The smallest absolute Gasteiger partial charge is 0.228 e. The van der Waals surface area contributed by atoms with Gasteiger partial charge in [-0.1, -0.05) is 43.4 Å². The maximum absolute atomic E-state index is 12.5. The third-order valence-electron chi connectivity index (χ3n) is 5.51. The van der Waals surface area contributed by atoms with Gasteiger partial charge in [0, 0.05) is 43.3 Å². The topological polar surface area (TPSA) is 59.4 Å². The maximum atomic E-state index is 12.5. The minimum absolute atomic E-state index is 0.00758. The lowest BCUT2D eigenvalue weighted by Crippen LogP contribution is -2.46. The Morgan fingerprint density at radius 1 is 1.14 bits per heavy atom. The second-order valence-electron chi connectivity index (χ2n) is 7.16. The van der Waals surface area contributed by atoms with Crippen LogP contribution >= 0.6 is 11.3 Å². The fraction of sp³-hybridized carbons (Fsp3) is 0.455. The molecule has 0 atom stereocenters. The molecule has 28 heavy (non-hydrogen) atoms. The van der Waals surface area contributed by atoms with Crippen molar-refractivity contribution in [1.82, 2.24) is 0 Å². The lowest BCUT2D eigenvalue weighted by molar-refractivity contribution is -0.120. The van der Waals surface area contributed by atoms with E-state index in [9.17, 15) is 10.1 Å². The molecule has 148 valence electrons. The fourth-order valence-corrected chi connectivity index (χ4v) is 4.92. The van der Waals surface area contributed by atoms with Gasteiger partial charge in [0.1, 0.15) is 11.1 Å². The van der Waals surface area contributed by atoms with Gasteiger partial charge >= 0.3 is 0 Å². The first-order valence-corrected chi connectivity index (χ1v) is 10.8. The first kappa shape index (κ1) is 20.2. The van der Waals surface area contributed by atoms with Crippen LogP contribution in [0.4, 0.5) is 15.7 Å². The van der Waals surface area contributed by atoms with Crippen molar-refractivity contribution < 1.29 is 4.79 Å². The summed E-state index contributed by atoms with van der Waals surface area (Å²) in [6, 6.07) is 12.8. The largest absolute Gasteiger partial charge is 0.368 e. The summed E-state index contributed by atoms with van der Waals surface area (Å²) in [7, 11) is 0. The number of nitrogens with one attached hydrogen (secondary N) is 1. The van der Waals surface area contributed by atoms with Gasteiger partial charge in [-0.2, -0.15) is 5.26 Å². The zero-order chi connectivity index (χ0) is 20.1. The molecule has 0 radical (unpaired) electrons. The van der Waals surface area contributed by atoms with Crippen LogP contribution in [0.2, 0.25) is 0 Å². The van der Waals surface area contributed by atoms with Crippen LogP contribution in [0.3, 0.4) is 0 Å². The van der Waals surface area contributed by atoms with Gasteiger partial charge in [-0.15, -0.1) is 0 Å². The molecule has 2 aromatic rings. The van der Waals surface area contributed by atoms with Crippen LogP contribution in [0, 0.1) is 24.2 Å². The van der Waals surface area contributed by atoms with Gasteiger partial charge in [0.2, 0.25) is 5.91 Å². The van der Waals surface area contributed by atoms with E-state index >= 15 is 0 Å². The summed E-state index contributed by atoms with van der Waals surface area (Å²) in [5.74, 6) is 0.00927. The van der Waals surface area contributed by atoms with Crippen LogP contribution in [-0.2, 0) is 4.79 Å². The molecule has 6 heteroatoms. The lowest BCUT2D eigenvalue weighted by atomic mass is 10.0. The van der Waals surface area contributed by atoms with Gasteiger partial charge < -0.3 is 15.1 Å². The Kier molecular flexibility index (Phi) is 6.58. The van der Waals surface area contributed by atoms with Crippen molar-refractivity contribution in [3.05, 3.63) is 41.5 Å². The number of carbonyl (C=O) groups excluding carboxylic acids is 1. The number of hydrogen-bond donors (Lipinski definition) is 1. The molecule has 1 aliphatic rings. The van der Waals surface area contributed by atoms with Crippen LogP contribution in [-0.4, -0.2) is 32.1 Å². The minimum atomic E-state index is -0.00758. The Hall–Kier alpha value is -2.52. The Bertz CT molecular complexity index is 843. The molecule has 1 aliphatic heterocycles. The fourth-order valence-electron chi connectivity index (χ4n) is 3.71. The summed E-state index contributed by atoms with van der Waals surface area (Å²) in [4.78, 5) is 17.2. The summed E-state index contributed by atoms with van der Waals surface area (Å²) in [5, 5.41) is 14.5. The molecule has 1 fully saturated rings. The Morgan fingerprint density at radius 3 is 2.32 bits per heavy atom. The second-order valence-corrected chi connectivity index (χ2v) is 8.16. The second kappa shape index (κ2) is 9.11. The van der Waals surface area contributed by atoms with E-state index in [0.717, 1.165) is 49.6 Å². The van der Waals surface area contributed by atoms with E-state index in [0.29, 0.717) is 10.6 Å². The van der Waals surface area contributed by atoms with Crippen molar-refractivity contribution in [1.29, 1.82) is 5.26 Å². The molecule has 1 N–H and O–H groups in total. The molecule has 0 spiro atoms. The molecule has 1 amide bonds. The summed E-state index contributed by atoms with van der Waals surface area (Å²) < 4.78 is 0. The molecule has 0 saturated carbocycles. The van der Waals surface area contributed by atoms with E-state index in [1.165, 1.54) is 17.0 Å². The highest BCUT2D eigenvalue weighted by molar-refractivity contribution is 7.20. The minimum Gasteiger partial charge on any atom is -0.368 e. The lowest BCUT2D eigenvalue weighted by Gasteiger charge is -2.37. The molecule has 0 aliphatic carbocycles. The third kappa shape index (κ3) is 4.15.